The number of anilines is 1. The normalized spacial score (nSPS) is 14.3. The van der Waals surface area contributed by atoms with Crippen LogP contribution in [-0.4, -0.2) is 10.5 Å². The van der Waals surface area contributed by atoms with Crippen molar-refractivity contribution < 1.29 is 9.31 Å². The van der Waals surface area contributed by atoms with Crippen molar-refractivity contribution in [1.82, 2.24) is 0 Å². The predicted molar refractivity (Wildman–Crippen MR) is 84.9 cm³/mol. The lowest BCUT2D eigenvalue weighted by atomic mass is 9.79. The average molecular weight is 311 g/mol. The van der Waals surface area contributed by atoms with E-state index >= 15 is 0 Å². The fourth-order valence-electron chi connectivity index (χ4n) is 2.63. The van der Waals surface area contributed by atoms with E-state index in [-0.39, 0.29) is 16.8 Å². The molecule has 0 fully saturated rings. The van der Waals surface area contributed by atoms with E-state index in [9.17, 15) is 19.4 Å². The predicted octanol–water partition coefficient (Wildman–Crippen LogP) is 5.15. The zero-order valence-electron chi connectivity index (χ0n) is 13.6. The molecule has 0 amide bonds. The summed E-state index contributed by atoms with van der Waals surface area (Å²) in [6.07, 6.45) is 1.44. The molecule has 1 atom stereocenters. The Morgan fingerprint density at radius 1 is 1.32 bits per heavy atom. The molecule has 0 aliphatic rings. The van der Waals surface area contributed by atoms with E-state index in [1.807, 2.05) is 13.8 Å². The summed E-state index contributed by atoms with van der Waals surface area (Å²) in [6, 6.07) is 1.82. The summed E-state index contributed by atoms with van der Waals surface area (Å²) in [5.74, 6) is -0.877. The molecule has 0 saturated carbocycles. The standard InChI is InChI=1S/C15H22FN3O3/c1-6-15(5,9-14(2,3)4)17-12-7-10(16)11(18-20)8-13(12)19(21)22/h7-8,17H,6,9H2,1-5H3. The minimum absolute atomic E-state index is 0.00459. The lowest BCUT2D eigenvalue weighted by Crippen LogP contribution is -2.38. The van der Waals surface area contributed by atoms with Gasteiger partial charge in [0.05, 0.1) is 11.0 Å². The third-order valence-corrected chi connectivity index (χ3v) is 3.50. The fraction of sp³-hybridized carbons (Fsp3) is 0.600. The van der Waals surface area contributed by atoms with Crippen LogP contribution in [0.3, 0.4) is 0 Å². The van der Waals surface area contributed by atoms with Crippen molar-refractivity contribution >= 4 is 17.1 Å². The van der Waals surface area contributed by atoms with Gasteiger partial charge in [-0.2, -0.15) is 0 Å². The Morgan fingerprint density at radius 3 is 2.32 bits per heavy atom. The van der Waals surface area contributed by atoms with Crippen LogP contribution in [0.2, 0.25) is 0 Å². The van der Waals surface area contributed by atoms with Crippen molar-refractivity contribution in [1.29, 1.82) is 0 Å². The molecule has 22 heavy (non-hydrogen) atoms. The summed E-state index contributed by atoms with van der Waals surface area (Å²) in [5.41, 5.74) is -1.31. The molecule has 1 rings (SSSR count). The highest BCUT2D eigenvalue weighted by Crippen LogP contribution is 2.37. The summed E-state index contributed by atoms with van der Waals surface area (Å²) in [6.45, 7) is 10.1. The molecule has 0 bridgehead atoms. The van der Waals surface area contributed by atoms with Crippen LogP contribution in [0.5, 0.6) is 0 Å². The van der Waals surface area contributed by atoms with Gasteiger partial charge in [-0.05, 0) is 30.4 Å². The molecule has 1 aromatic rings. The van der Waals surface area contributed by atoms with Crippen LogP contribution in [-0.2, 0) is 0 Å². The molecular formula is C15H22FN3O3. The maximum atomic E-state index is 13.8. The number of benzene rings is 1. The van der Waals surface area contributed by atoms with Gasteiger partial charge < -0.3 is 5.32 Å². The molecule has 6 nitrogen and oxygen atoms in total. The molecule has 0 spiro atoms. The third kappa shape index (κ3) is 4.47. The first kappa shape index (κ1) is 18.0. The van der Waals surface area contributed by atoms with Gasteiger partial charge in [-0.15, -0.1) is 4.91 Å². The molecule has 0 heterocycles. The maximum Gasteiger partial charge on any atom is 0.294 e. The molecule has 0 radical (unpaired) electrons. The Bertz CT molecular complexity index is 584. The molecule has 0 aliphatic heterocycles. The van der Waals surface area contributed by atoms with Gasteiger partial charge in [0.25, 0.3) is 5.69 Å². The minimum Gasteiger partial charge on any atom is -0.374 e. The van der Waals surface area contributed by atoms with Gasteiger partial charge in [0, 0.05) is 11.6 Å². The van der Waals surface area contributed by atoms with Gasteiger partial charge in [0.1, 0.15) is 5.69 Å². The summed E-state index contributed by atoms with van der Waals surface area (Å²) in [7, 11) is 0. The molecule has 1 aromatic carbocycles. The number of hydrogen-bond acceptors (Lipinski definition) is 5. The Labute approximate surface area is 129 Å². The zero-order valence-corrected chi connectivity index (χ0v) is 13.6. The smallest absolute Gasteiger partial charge is 0.294 e. The molecular weight excluding hydrogens is 289 g/mol. The summed E-state index contributed by atoms with van der Waals surface area (Å²) >= 11 is 0. The molecule has 122 valence electrons. The first-order valence-electron chi connectivity index (χ1n) is 7.11. The van der Waals surface area contributed by atoms with E-state index in [2.05, 4.69) is 31.3 Å². The second-order valence-corrected chi connectivity index (χ2v) is 6.95. The van der Waals surface area contributed by atoms with Gasteiger partial charge in [0.2, 0.25) is 0 Å². The quantitative estimate of drug-likeness (QED) is 0.447. The Kier molecular flexibility index (Phi) is 5.22. The summed E-state index contributed by atoms with van der Waals surface area (Å²) < 4.78 is 13.8. The summed E-state index contributed by atoms with van der Waals surface area (Å²) in [5, 5.41) is 16.7. The number of nitrogens with zero attached hydrogens (tertiary/aromatic N) is 2. The fourth-order valence-corrected chi connectivity index (χ4v) is 2.63. The van der Waals surface area contributed by atoms with E-state index < -0.39 is 22.0 Å². The number of nitro groups is 1. The molecule has 0 aliphatic carbocycles. The third-order valence-electron chi connectivity index (χ3n) is 3.50. The topological polar surface area (TPSA) is 84.6 Å². The first-order chi connectivity index (χ1) is 10.0. The Hall–Kier alpha value is -2.05. The highest BCUT2D eigenvalue weighted by Gasteiger charge is 2.31. The second kappa shape index (κ2) is 6.37. The van der Waals surface area contributed by atoms with Crippen LogP contribution >= 0.6 is 0 Å². The van der Waals surface area contributed by atoms with Crippen molar-refractivity contribution in [2.75, 3.05) is 5.32 Å². The number of nitroso groups, excluding NO2 is 1. The van der Waals surface area contributed by atoms with Crippen LogP contribution in [0.25, 0.3) is 0 Å². The lowest BCUT2D eigenvalue weighted by Gasteiger charge is -2.36. The van der Waals surface area contributed by atoms with Gasteiger partial charge >= 0.3 is 0 Å². The van der Waals surface area contributed by atoms with Crippen molar-refractivity contribution in [3.05, 3.63) is 33.0 Å². The van der Waals surface area contributed by atoms with Crippen LogP contribution in [0.15, 0.2) is 17.3 Å². The lowest BCUT2D eigenvalue weighted by molar-refractivity contribution is -0.384. The van der Waals surface area contributed by atoms with Gasteiger partial charge in [-0.1, -0.05) is 27.7 Å². The number of nitrogens with one attached hydrogen (secondary N) is 1. The number of rotatable bonds is 6. The van der Waals surface area contributed by atoms with E-state index in [0.29, 0.717) is 6.42 Å². The molecule has 7 heteroatoms. The van der Waals surface area contributed by atoms with E-state index in [0.717, 1.165) is 18.6 Å². The second-order valence-electron chi connectivity index (χ2n) is 6.95. The van der Waals surface area contributed by atoms with Gasteiger partial charge in [-0.3, -0.25) is 10.1 Å². The van der Waals surface area contributed by atoms with Gasteiger partial charge in [-0.25, -0.2) is 4.39 Å². The molecule has 1 N–H and O–H groups in total. The first-order valence-corrected chi connectivity index (χ1v) is 7.11. The van der Waals surface area contributed by atoms with E-state index in [1.165, 1.54) is 0 Å². The Balaban J connectivity index is 3.28. The van der Waals surface area contributed by atoms with Crippen LogP contribution in [0.4, 0.5) is 21.5 Å². The number of halogens is 1. The van der Waals surface area contributed by atoms with E-state index in [1.54, 1.807) is 0 Å². The highest BCUT2D eigenvalue weighted by molar-refractivity contribution is 5.68. The average Bonchev–Trinajstić information content (AvgIpc) is 2.36. The molecule has 1 unspecified atom stereocenters. The van der Waals surface area contributed by atoms with Gasteiger partial charge in [0.15, 0.2) is 11.5 Å². The number of nitro benzene ring substituents is 1. The van der Waals surface area contributed by atoms with Crippen LogP contribution in [0.1, 0.15) is 47.5 Å². The molecule has 0 saturated heterocycles. The SMILES string of the molecule is CCC(C)(CC(C)(C)C)Nc1cc(F)c(N=O)cc1[N+](=O)[O-]. The highest BCUT2D eigenvalue weighted by atomic mass is 19.1. The molecule has 0 aromatic heterocycles. The summed E-state index contributed by atoms with van der Waals surface area (Å²) in [4.78, 5) is 21.0. The largest absolute Gasteiger partial charge is 0.374 e. The van der Waals surface area contributed by atoms with Crippen molar-refractivity contribution in [2.24, 2.45) is 10.6 Å². The maximum absolute atomic E-state index is 13.8. The monoisotopic (exact) mass is 311 g/mol. The number of hydrogen-bond donors (Lipinski definition) is 1. The minimum atomic E-state index is -0.877. The zero-order chi connectivity index (χ0) is 17.1. The van der Waals surface area contributed by atoms with Crippen molar-refractivity contribution in [3.8, 4) is 0 Å². The van der Waals surface area contributed by atoms with Crippen molar-refractivity contribution in [2.45, 2.75) is 53.0 Å². The van der Waals surface area contributed by atoms with Crippen LogP contribution < -0.4 is 5.32 Å². The van der Waals surface area contributed by atoms with E-state index in [4.69, 9.17) is 0 Å². The Morgan fingerprint density at radius 2 is 1.91 bits per heavy atom. The van der Waals surface area contributed by atoms with Crippen molar-refractivity contribution in [3.63, 3.8) is 0 Å². The van der Waals surface area contributed by atoms with Crippen LogP contribution in [0, 0.1) is 26.3 Å².